The quantitative estimate of drug-likeness (QED) is 0.407. The minimum absolute atomic E-state index is 0.0286. The largest absolute Gasteiger partial charge is 0.469 e. The van der Waals surface area contributed by atoms with Crippen molar-refractivity contribution in [3.8, 4) is 5.88 Å². The smallest absolute Gasteiger partial charge is 0.296 e. The van der Waals surface area contributed by atoms with Gasteiger partial charge in [0.05, 0.1) is 7.11 Å². The van der Waals surface area contributed by atoms with Crippen LogP contribution in [0.4, 0.5) is 0 Å². The number of hydrogen-bond acceptors (Lipinski definition) is 4. The summed E-state index contributed by atoms with van der Waals surface area (Å²) in [4.78, 5) is 24.0. The molecule has 1 aliphatic rings. The molecule has 1 aromatic carbocycles. The molecule has 7 heteroatoms. The molecule has 1 fully saturated rings. The summed E-state index contributed by atoms with van der Waals surface area (Å²) in [5, 5.41) is 0. The van der Waals surface area contributed by atoms with Crippen LogP contribution in [-0.4, -0.2) is 46.2 Å². The van der Waals surface area contributed by atoms with Gasteiger partial charge in [0.15, 0.2) is 0 Å². The highest BCUT2D eigenvalue weighted by atomic mass is 16.5. The van der Waals surface area contributed by atoms with Crippen LogP contribution in [0.3, 0.4) is 0 Å². The van der Waals surface area contributed by atoms with Gasteiger partial charge < -0.3 is 9.64 Å². The van der Waals surface area contributed by atoms with Crippen molar-refractivity contribution in [3.05, 3.63) is 70.4 Å². The van der Waals surface area contributed by atoms with E-state index in [2.05, 4.69) is 47.1 Å². The molecule has 0 atom stereocenters. The standard InChI is InChI=1S/C27H33N5O2/c1-3-8-24-28-19-23-27(33)31(22-11-12-25(34-2)29-26(22)32(23)24)16-7-15-30-17-13-21(14-18-30)20-9-5-4-6-10-20/h4-6,9-12,19,21H,3,7-8,13-18H2,1-2H3/p+1. The highest BCUT2D eigenvalue weighted by Gasteiger charge is 2.23. The van der Waals surface area contributed by atoms with Crippen molar-refractivity contribution < 1.29 is 9.14 Å². The van der Waals surface area contributed by atoms with E-state index in [1.165, 1.54) is 18.4 Å². The van der Waals surface area contributed by atoms with Gasteiger partial charge in [0.2, 0.25) is 11.3 Å². The van der Waals surface area contributed by atoms with E-state index in [9.17, 15) is 4.79 Å². The zero-order valence-electron chi connectivity index (χ0n) is 20.2. The van der Waals surface area contributed by atoms with Gasteiger partial charge in [-0.2, -0.15) is 4.40 Å². The third kappa shape index (κ3) is 4.32. The minimum atomic E-state index is 0.0286. The molecule has 0 spiro atoms. The average molecular weight is 461 g/mol. The van der Waals surface area contributed by atoms with Gasteiger partial charge in [-0.25, -0.2) is 0 Å². The second-order valence-corrected chi connectivity index (χ2v) is 9.24. The second-order valence-electron chi connectivity index (χ2n) is 9.24. The average Bonchev–Trinajstić information content (AvgIpc) is 3.31. The van der Waals surface area contributed by atoms with Crippen molar-refractivity contribution in [2.24, 2.45) is 0 Å². The number of piperidine rings is 1. The summed E-state index contributed by atoms with van der Waals surface area (Å²) in [6.45, 7) is 6.03. The highest BCUT2D eigenvalue weighted by molar-refractivity contribution is 5.69. The number of aryl methyl sites for hydroxylation is 2. The number of aromatic amines is 1. The Bertz CT molecular complexity index is 1320. The first-order valence-corrected chi connectivity index (χ1v) is 12.5. The number of likely N-dealkylation sites (tertiary alicyclic amines) is 1. The fraction of sp³-hybridized carbons (Fsp3) is 0.444. The minimum Gasteiger partial charge on any atom is -0.469 e. The normalized spacial score (nSPS) is 15.4. The Morgan fingerprint density at radius 3 is 2.65 bits per heavy atom. The number of rotatable bonds is 8. The van der Waals surface area contributed by atoms with Crippen molar-refractivity contribution in [3.63, 3.8) is 0 Å². The molecular formula is C27H34N5O2+. The zero-order chi connectivity index (χ0) is 23.5. The van der Waals surface area contributed by atoms with Crippen molar-refractivity contribution in [1.82, 2.24) is 19.4 Å². The summed E-state index contributed by atoms with van der Waals surface area (Å²) < 4.78 is 9.24. The van der Waals surface area contributed by atoms with Crippen LogP contribution in [0.25, 0.3) is 16.7 Å². The Hall–Kier alpha value is -3.19. The number of nitrogens with one attached hydrogen (secondary N) is 1. The summed E-state index contributed by atoms with van der Waals surface area (Å²) in [6.07, 6.45) is 6.98. The third-order valence-electron chi connectivity index (χ3n) is 7.09. The lowest BCUT2D eigenvalue weighted by Crippen LogP contribution is -2.38. The van der Waals surface area contributed by atoms with E-state index < -0.39 is 0 Å². The Kier molecular flexibility index (Phi) is 6.63. The Morgan fingerprint density at radius 1 is 1.12 bits per heavy atom. The SMILES string of the molecule is CCCc1[nH]cc2c(=O)n(CCCN3CCC(c4ccccc4)CC3)c3ccc(OC)nc3[n+]12. The molecule has 5 rings (SSSR count). The predicted octanol–water partition coefficient (Wildman–Crippen LogP) is 3.69. The fourth-order valence-electron chi connectivity index (χ4n) is 5.30. The van der Waals surface area contributed by atoms with E-state index in [4.69, 9.17) is 9.72 Å². The monoisotopic (exact) mass is 460 g/mol. The predicted molar refractivity (Wildman–Crippen MR) is 134 cm³/mol. The highest BCUT2D eigenvalue weighted by Crippen LogP contribution is 2.27. The number of nitrogens with zero attached hydrogens (tertiary/aromatic N) is 4. The number of aromatic nitrogens is 4. The van der Waals surface area contributed by atoms with Gasteiger partial charge in [0.25, 0.3) is 17.1 Å². The van der Waals surface area contributed by atoms with Gasteiger partial charge >= 0.3 is 0 Å². The van der Waals surface area contributed by atoms with Gasteiger partial charge in [-0.15, -0.1) is 0 Å². The lowest BCUT2D eigenvalue weighted by Gasteiger charge is -2.32. The van der Waals surface area contributed by atoms with Gasteiger partial charge in [0, 0.05) is 19.0 Å². The molecule has 1 saturated heterocycles. The summed E-state index contributed by atoms with van der Waals surface area (Å²) >= 11 is 0. The molecule has 4 aromatic rings. The molecule has 0 amide bonds. The molecule has 0 unspecified atom stereocenters. The van der Waals surface area contributed by atoms with Crippen LogP contribution in [0.15, 0.2) is 53.5 Å². The summed E-state index contributed by atoms with van der Waals surface area (Å²) in [7, 11) is 1.62. The number of hydrogen-bond donors (Lipinski definition) is 1. The van der Waals surface area contributed by atoms with E-state index in [-0.39, 0.29) is 5.56 Å². The first-order chi connectivity index (χ1) is 16.7. The Balaban J connectivity index is 1.34. The third-order valence-corrected chi connectivity index (χ3v) is 7.09. The lowest BCUT2D eigenvalue weighted by atomic mass is 9.89. The van der Waals surface area contributed by atoms with Gasteiger partial charge in [-0.05, 0) is 62.9 Å². The Labute approximate surface area is 200 Å². The van der Waals surface area contributed by atoms with E-state index in [0.29, 0.717) is 23.9 Å². The lowest BCUT2D eigenvalue weighted by molar-refractivity contribution is -0.495. The van der Waals surface area contributed by atoms with E-state index >= 15 is 0 Å². The van der Waals surface area contributed by atoms with Crippen molar-refractivity contribution in [2.75, 3.05) is 26.7 Å². The number of methoxy groups -OCH3 is 1. The second kappa shape index (κ2) is 9.97. The van der Waals surface area contributed by atoms with Crippen molar-refractivity contribution in [2.45, 2.75) is 51.5 Å². The maximum absolute atomic E-state index is 13.4. The number of pyridine rings is 1. The maximum Gasteiger partial charge on any atom is 0.296 e. The molecule has 0 bridgehead atoms. The van der Waals surface area contributed by atoms with E-state index in [0.717, 1.165) is 55.9 Å². The van der Waals surface area contributed by atoms with Crippen molar-refractivity contribution in [1.29, 1.82) is 0 Å². The number of ether oxygens (including phenoxy) is 1. The summed E-state index contributed by atoms with van der Waals surface area (Å²) in [6, 6.07) is 14.7. The number of H-pyrrole nitrogens is 1. The molecule has 0 aliphatic carbocycles. The fourth-order valence-corrected chi connectivity index (χ4v) is 5.30. The topological polar surface area (TPSA) is 67.2 Å². The van der Waals surface area contributed by atoms with E-state index in [1.54, 1.807) is 7.11 Å². The van der Waals surface area contributed by atoms with Crippen molar-refractivity contribution >= 4 is 16.7 Å². The Morgan fingerprint density at radius 2 is 1.91 bits per heavy atom. The molecule has 34 heavy (non-hydrogen) atoms. The molecule has 4 heterocycles. The molecular weight excluding hydrogens is 426 g/mol. The summed E-state index contributed by atoms with van der Waals surface area (Å²) in [5.41, 5.74) is 3.74. The number of benzene rings is 1. The molecule has 178 valence electrons. The van der Waals surface area contributed by atoms with Crippen LogP contribution in [0.1, 0.15) is 49.9 Å². The van der Waals surface area contributed by atoms with Crippen LogP contribution in [-0.2, 0) is 13.0 Å². The van der Waals surface area contributed by atoms with Crippen LogP contribution in [0.2, 0.25) is 0 Å². The summed E-state index contributed by atoms with van der Waals surface area (Å²) in [5.74, 6) is 2.21. The van der Waals surface area contributed by atoms with E-state index in [1.807, 2.05) is 27.3 Å². The van der Waals surface area contributed by atoms with Crippen LogP contribution in [0, 0.1) is 0 Å². The first-order valence-electron chi connectivity index (χ1n) is 12.5. The van der Waals surface area contributed by atoms with Crippen LogP contribution >= 0.6 is 0 Å². The number of imidazole rings is 1. The molecule has 1 aliphatic heterocycles. The zero-order valence-corrected chi connectivity index (χ0v) is 20.2. The molecule has 7 nitrogen and oxygen atoms in total. The van der Waals surface area contributed by atoms with Crippen LogP contribution in [0.5, 0.6) is 5.88 Å². The molecule has 0 saturated carbocycles. The number of fused-ring (bicyclic) bond motifs is 3. The maximum atomic E-state index is 13.4. The van der Waals surface area contributed by atoms with Gasteiger partial charge in [0.1, 0.15) is 11.7 Å². The van der Waals surface area contributed by atoms with Crippen LogP contribution < -0.4 is 14.7 Å². The van der Waals surface area contributed by atoms with Gasteiger partial charge in [-0.3, -0.25) is 14.3 Å². The molecule has 0 radical (unpaired) electrons. The van der Waals surface area contributed by atoms with Gasteiger partial charge in [-0.1, -0.05) is 42.2 Å². The molecule has 3 aromatic heterocycles. The first kappa shape index (κ1) is 22.6. The molecule has 1 N–H and O–H groups in total.